The summed E-state index contributed by atoms with van der Waals surface area (Å²) in [6.07, 6.45) is 5.03. The molecular formula is C26H19FN6OS. The van der Waals surface area contributed by atoms with Crippen LogP contribution in [0.5, 0.6) is 0 Å². The minimum absolute atomic E-state index is 0.0253. The lowest BCUT2D eigenvalue weighted by atomic mass is 10.1. The quantitative estimate of drug-likeness (QED) is 0.325. The van der Waals surface area contributed by atoms with Crippen LogP contribution in [0, 0.1) is 5.82 Å². The Bertz CT molecular complexity index is 1680. The van der Waals surface area contributed by atoms with Crippen LogP contribution in [-0.2, 0) is 13.2 Å². The third kappa shape index (κ3) is 4.23. The van der Waals surface area contributed by atoms with Crippen molar-refractivity contribution in [1.29, 1.82) is 0 Å². The van der Waals surface area contributed by atoms with Gasteiger partial charge in [0.15, 0.2) is 0 Å². The minimum atomic E-state index is -0.255. The fourth-order valence-electron chi connectivity index (χ4n) is 4.04. The molecule has 0 amide bonds. The van der Waals surface area contributed by atoms with Crippen LogP contribution in [0.3, 0.4) is 0 Å². The van der Waals surface area contributed by atoms with E-state index in [1.807, 2.05) is 47.1 Å². The van der Waals surface area contributed by atoms with E-state index in [9.17, 15) is 9.50 Å². The summed E-state index contributed by atoms with van der Waals surface area (Å²) in [4.78, 5) is 14.1. The van der Waals surface area contributed by atoms with Crippen molar-refractivity contribution in [2.24, 2.45) is 0 Å². The largest absolute Gasteiger partial charge is 0.391 e. The molecule has 35 heavy (non-hydrogen) atoms. The Kier molecular flexibility index (Phi) is 5.40. The lowest BCUT2D eigenvalue weighted by Crippen LogP contribution is -2.01. The Labute approximate surface area is 203 Å². The second-order valence-corrected chi connectivity index (χ2v) is 9.19. The lowest BCUT2D eigenvalue weighted by Gasteiger charge is -2.10. The Morgan fingerprint density at radius 2 is 1.91 bits per heavy atom. The number of fused-ring (bicyclic) bond motifs is 2. The molecule has 0 radical (unpaired) electrons. The van der Waals surface area contributed by atoms with Gasteiger partial charge in [-0.3, -0.25) is 4.68 Å². The molecule has 0 spiro atoms. The van der Waals surface area contributed by atoms with Crippen LogP contribution in [0.1, 0.15) is 10.4 Å². The van der Waals surface area contributed by atoms with E-state index in [-0.39, 0.29) is 12.4 Å². The van der Waals surface area contributed by atoms with Crippen LogP contribution in [0.2, 0.25) is 0 Å². The van der Waals surface area contributed by atoms with Gasteiger partial charge in [-0.25, -0.2) is 19.3 Å². The predicted molar refractivity (Wildman–Crippen MR) is 135 cm³/mol. The number of nitrogens with zero attached hydrogens (tertiary/aromatic N) is 5. The normalized spacial score (nSPS) is 11.4. The van der Waals surface area contributed by atoms with Crippen molar-refractivity contribution < 1.29 is 9.50 Å². The maximum absolute atomic E-state index is 13.6. The number of thiazole rings is 1. The summed E-state index contributed by atoms with van der Waals surface area (Å²) < 4.78 is 15.4. The van der Waals surface area contributed by atoms with Gasteiger partial charge in [0.1, 0.15) is 23.0 Å². The molecule has 2 N–H and O–H groups in total. The van der Waals surface area contributed by atoms with Gasteiger partial charge >= 0.3 is 0 Å². The minimum Gasteiger partial charge on any atom is -0.391 e. The number of benzene rings is 3. The molecule has 0 aliphatic carbocycles. The molecule has 0 bridgehead atoms. The number of aliphatic hydroxyl groups excluding tert-OH is 1. The summed E-state index contributed by atoms with van der Waals surface area (Å²) in [6, 6.07) is 18.4. The van der Waals surface area contributed by atoms with Crippen LogP contribution in [0.25, 0.3) is 32.4 Å². The van der Waals surface area contributed by atoms with Crippen molar-refractivity contribution in [3.05, 3.63) is 95.6 Å². The van der Waals surface area contributed by atoms with Crippen molar-refractivity contribution in [1.82, 2.24) is 24.7 Å². The SMILES string of the molecule is OCc1cnc(-c2ccc3ncnc(Nc4ccc5c(cnn5Cc5cccc(F)c5)c4)c3c2)s1. The predicted octanol–water partition coefficient (Wildman–Crippen LogP) is 5.53. The molecule has 0 atom stereocenters. The van der Waals surface area contributed by atoms with E-state index < -0.39 is 0 Å². The summed E-state index contributed by atoms with van der Waals surface area (Å²) in [5.74, 6) is 0.427. The first-order valence-electron chi connectivity index (χ1n) is 10.9. The number of hydrogen-bond acceptors (Lipinski definition) is 7. The van der Waals surface area contributed by atoms with Gasteiger partial charge in [-0.1, -0.05) is 12.1 Å². The van der Waals surface area contributed by atoms with Gasteiger partial charge in [-0.15, -0.1) is 11.3 Å². The average Bonchev–Trinajstić information content (AvgIpc) is 3.51. The topological polar surface area (TPSA) is 88.8 Å². The van der Waals surface area contributed by atoms with Gasteiger partial charge in [0.25, 0.3) is 0 Å². The second kappa shape index (κ2) is 8.86. The van der Waals surface area contributed by atoms with Crippen molar-refractivity contribution in [2.45, 2.75) is 13.2 Å². The molecule has 6 aromatic rings. The highest BCUT2D eigenvalue weighted by Crippen LogP contribution is 2.31. The van der Waals surface area contributed by atoms with Gasteiger partial charge in [0, 0.05) is 28.2 Å². The van der Waals surface area contributed by atoms with Crippen LogP contribution in [0.15, 0.2) is 79.4 Å². The molecule has 0 aliphatic heterocycles. The Hall–Kier alpha value is -4.21. The van der Waals surface area contributed by atoms with Gasteiger partial charge < -0.3 is 10.4 Å². The van der Waals surface area contributed by atoms with Crippen molar-refractivity contribution in [3.8, 4) is 10.6 Å². The molecule has 0 unspecified atom stereocenters. The van der Waals surface area contributed by atoms with Crippen LogP contribution in [0.4, 0.5) is 15.9 Å². The summed E-state index contributed by atoms with van der Waals surface area (Å²) in [5.41, 5.74) is 4.43. The van der Waals surface area contributed by atoms with Gasteiger partial charge in [-0.2, -0.15) is 5.10 Å². The maximum atomic E-state index is 13.6. The second-order valence-electron chi connectivity index (χ2n) is 8.07. The van der Waals surface area contributed by atoms with Crippen LogP contribution < -0.4 is 5.32 Å². The zero-order valence-electron chi connectivity index (χ0n) is 18.4. The molecule has 0 aliphatic rings. The monoisotopic (exact) mass is 482 g/mol. The molecular weight excluding hydrogens is 463 g/mol. The molecule has 3 heterocycles. The first-order chi connectivity index (χ1) is 17.2. The zero-order chi connectivity index (χ0) is 23.8. The summed E-state index contributed by atoms with van der Waals surface area (Å²) >= 11 is 1.46. The maximum Gasteiger partial charge on any atom is 0.141 e. The highest BCUT2D eigenvalue weighted by molar-refractivity contribution is 7.15. The summed E-state index contributed by atoms with van der Waals surface area (Å²) in [5, 5.41) is 19.9. The molecule has 0 saturated heterocycles. The van der Waals surface area contributed by atoms with E-state index in [4.69, 9.17) is 0 Å². The smallest absolute Gasteiger partial charge is 0.141 e. The van der Waals surface area contributed by atoms with E-state index in [1.165, 1.54) is 29.8 Å². The number of anilines is 2. The van der Waals surface area contributed by atoms with E-state index in [1.54, 1.807) is 18.5 Å². The first-order valence-corrected chi connectivity index (χ1v) is 11.8. The number of aliphatic hydroxyl groups is 1. The Morgan fingerprint density at radius 3 is 2.77 bits per heavy atom. The molecule has 172 valence electrons. The number of halogens is 1. The van der Waals surface area contributed by atoms with Crippen LogP contribution >= 0.6 is 11.3 Å². The standard InChI is InChI=1S/C26H19FN6OS/c27-19-3-1-2-16(8-19)13-33-24-7-5-20(9-18(24)11-31-33)32-25-22-10-17(4-6-23(22)29-15-30-25)26-28-12-21(14-34)35-26/h1-12,15,34H,13-14H2,(H,29,30,32). The van der Waals surface area contributed by atoms with E-state index in [0.29, 0.717) is 12.4 Å². The Morgan fingerprint density at radius 1 is 0.971 bits per heavy atom. The highest BCUT2D eigenvalue weighted by atomic mass is 32.1. The third-order valence-corrected chi connectivity index (χ3v) is 6.75. The molecule has 0 saturated carbocycles. The molecule has 0 fully saturated rings. The molecule has 3 aromatic heterocycles. The fourth-order valence-corrected chi connectivity index (χ4v) is 4.81. The van der Waals surface area contributed by atoms with Crippen molar-refractivity contribution >= 4 is 44.6 Å². The van der Waals surface area contributed by atoms with E-state index in [2.05, 4.69) is 25.4 Å². The lowest BCUT2D eigenvalue weighted by molar-refractivity contribution is 0.285. The van der Waals surface area contributed by atoms with Crippen molar-refractivity contribution in [2.75, 3.05) is 5.32 Å². The van der Waals surface area contributed by atoms with Crippen LogP contribution in [-0.4, -0.2) is 29.8 Å². The number of rotatable bonds is 6. The molecule has 7 nitrogen and oxygen atoms in total. The third-order valence-electron chi connectivity index (χ3n) is 5.72. The first kappa shape index (κ1) is 21.3. The number of hydrogen-bond donors (Lipinski definition) is 2. The fraction of sp³-hybridized carbons (Fsp3) is 0.0769. The van der Waals surface area contributed by atoms with E-state index >= 15 is 0 Å². The Balaban J connectivity index is 1.31. The van der Waals surface area contributed by atoms with Gasteiger partial charge in [0.05, 0.1) is 35.3 Å². The molecule has 6 rings (SSSR count). The zero-order valence-corrected chi connectivity index (χ0v) is 19.2. The summed E-state index contributed by atoms with van der Waals surface area (Å²) in [6.45, 7) is 0.463. The molecule has 3 aromatic carbocycles. The molecule has 9 heteroatoms. The van der Waals surface area contributed by atoms with E-state index in [0.717, 1.165) is 48.5 Å². The van der Waals surface area contributed by atoms with Crippen molar-refractivity contribution in [3.63, 3.8) is 0 Å². The van der Waals surface area contributed by atoms with Gasteiger partial charge in [-0.05, 0) is 54.1 Å². The number of aromatic nitrogens is 5. The summed E-state index contributed by atoms with van der Waals surface area (Å²) in [7, 11) is 0. The highest BCUT2D eigenvalue weighted by Gasteiger charge is 2.11. The average molecular weight is 483 g/mol. The number of nitrogens with one attached hydrogen (secondary N) is 1. The van der Waals surface area contributed by atoms with Gasteiger partial charge in [0.2, 0.25) is 0 Å².